The van der Waals surface area contributed by atoms with Gasteiger partial charge in [0.1, 0.15) is 5.82 Å². The van der Waals surface area contributed by atoms with Gasteiger partial charge >= 0.3 is 5.97 Å². The summed E-state index contributed by atoms with van der Waals surface area (Å²) < 4.78 is 19.4. The average Bonchev–Trinajstić information content (AvgIpc) is 2.81. The summed E-state index contributed by atoms with van der Waals surface area (Å²) in [5.74, 6) is -1.01. The molecule has 4 heteroatoms. The second-order valence-electron chi connectivity index (χ2n) is 3.24. The van der Waals surface area contributed by atoms with E-state index in [9.17, 15) is 9.18 Å². The van der Waals surface area contributed by atoms with E-state index in [1.165, 1.54) is 19.2 Å². The van der Waals surface area contributed by atoms with Crippen LogP contribution in [0.15, 0.2) is 42.7 Å². The molecule has 16 heavy (non-hydrogen) atoms. The Kier molecular flexibility index (Phi) is 2.72. The molecule has 0 amide bonds. The van der Waals surface area contributed by atoms with Crippen molar-refractivity contribution in [1.29, 1.82) is 0 Å². The topological polar surface area (TPSA) is 31.2 Å². The lowest BCUT2D eigenvalue weighted by Crippen LogP contribution is -2.07. The Hall–Kier alpha value is -2.10. The van der Waals surface area contributed by atoms with Crippen LogP contribution >= 0.6 is 0 Å². The van der Waals surface area contributed by atoms with Gasteiger partial charge in [0.2, 0.25) is 0 Å². The van der Waals surface area contributed by atoms with Crippen molar-refractivity contribution in [3.8, 4) is 5.69 Å². The number of carbonyl (C=O) groups is 1. The lowest BCUT2D eigenvalue weighted by molar-refractivity contribution is 0.0600. The molecule has 0 unspecified atom stereocenters. The summed E-state index contributed by atoms with van der Waals surface area (Å²) in [6, 6.07) is 7.67. The van der Waals surface area contributed by atoms with Gasteiger partial charge in [0.05, 0.1) is 18.4 Å². The summed E-state index contributed by atoms with van der Waals surface area (Å²) in [6.07, 6.45) is 3.55. The molecule has 0 N–H and O–H groups in total. The maximum atomic E-state index is 13.1. The molecule has 2 aromatic rings. The zero-order chi connectivity index (χ0) is 11.5. The highest BCUT2D eigenvalue weighted by Gasteiger charge is 2.13. The minimum atomic E-state index is -0.553. The van der Waals surface area contributed by atoms with Crippen molar-refractivity contribution >= 4 is 5.97 Å². The van der Waals surface area contributed by atoms with E-state index >= 15 is 0 Å². The summed E-state index contributed by atoms with van der Waals surface area (Å²) in [5, 5.41) is 0. The second kappa shape index (κ2) is 4.18. The summed E-state index contributed by atoms with van der Waals surface area (Å²) in [7, 11) is 1.27. The van der Waals surface area contributed by atoms with E-state index in [1.54, 1.807) is 23.0 Å². The van der Waals surface area contributed by atoms with Crippen LogP contribution in [0.2, 0.25) is 0 Å². The number of hydrogen-bond acceptors (Lipinski definition) is 2. The van der Waals surface area contributed by atoms with Crippen molar-refractivity contribution in [3.63, 3.8) is 0 Å². The molecule has 0 fully saturated rings. The zero-order valence-corrected chi connectivity index (χ0v) is 8.68. The Labute approximate surface area is 92.1 Å². The average molecular weight is 219 g/mol. The molecule has 0 aliphatic carbocycles. The number of aromatic nitrogens is 1. The Morgan fingerprint density at radius 1 is 1.31 bits per heavy atom. The largest absolute Gasteiger partial charge is 0.465 e. The standard InChI is InChI=1S/C12H10FNO2/c1-16-12(15)10-8-9(13)4-5-11(10)14-6-2-3-7-14/h2-8H,1H3. The molecular formula is C12H10FNO2. The SMILES string of the molecule is COC(=O)c1cc(F)ccc1-n1cccc1. The van der Waals surface area contributed by atoms with Crippen molar-refractivity contribution in [1.82, 2.24) is 4.57 Å². The quantitative estimate of drug-likeness (QED) is 0.726. The molecule has 1 aromatic heterocycles. The van der Waals surface area contributed by atoms with Crippen molar-refractivity contribution in [3.05, 3.63) is 54.1 Å². The summed E-state index contributed by atoms with van der Waals surface area (Å²) in [5.41, 5.74) is 0.803. The maximum absolute atomic E-state index is 13.1. The second-order valence-corrected chi connectivity index (χ2v) is 3.24. The van der Waals surface area contributed by atoms with Gasteiger partial charge in [-0.3, -0.25) is 0 Å². The Bertz CT molecular complexity index is 506. The summed E-state index contributed by atoms with van der Waals surface area (Å²) in [6.45, 7) is 0. The van der Waals surface area contributed by atoms with Crippen molar-refractivity contribution in [2.24, 2.45) is 0 Å². The molecule has 0 aliphatic rings. The van der Waals surface area contributed by atoms with E-state index in [0.29, 0.717) is 5.69 Å². The number of halogens is 1. The first-order chi connectivity index (χ1) is 7.72. The highest BCUT2D eigenvalue weighted by molar-refractivity contribution is 5.93. The highest BCUT2D eigenvalue weighted by Crippen LogP contribution is 2.17. The fraction of sp³-hybridized carbons (Fsp3) is 0.0833. The smallest absolute Gasteiger partial charge is 0.340 e. The molecule has 1 heterocycles. The van der Waals surface area contributed by atoms with Crippen molar-refractivity contribution < 1.29 is 13.9 Å². The van der Waals surface area contributed by atoms with Crippen LogP contribution in [0.4, 0.5) is 4.39 Å². The molecule has 0 bridgehead atoms. The van der Waals surface area contributed by atoms with Crippen LogP contribution in [0.5, 0.6) is 0 Å². The van der Waals surface area contributed by atoms with Crippen LogP contribution in [0.1, 0.15) is 10.4 Å². The first kappa shape index (κ1) is 10.4. The number of benzene rings is 1. The van der Waals surface area contributed by atoms with Gasteiger partial charge in [-0.15, -0.1) is 0 Å². The number of esters is 1. The number of ether oxygens (including phenoxy) is 1. The first-order valence-corrected chi connectivity index (χ1v) is 4.73. The normalized spacial score (nSPS) is 10.1. The Balaban J connectivity index is 2.57. The predicted octanol–water partition coefficient (Wildman–Crippen LogP) is 2.40. The first-order valence-electron chi connectivity index (χ1n) is 4.73. The van der Waals surface area contributed by atoms with Crippen molar-refractivity contribution in [2.45, 2.75) is 0 Å². The molecule has 0 aliphatic heterocycles. The number of methoxy groups -OCH3 is 1. The van der Waals surface area contributed by atoms with E-state index < -0.39 is 11.8 Å². The van der Waals surface area contributed by atoms with Gasteiger partial charge in [0.25, 0.3) is 0 Å². The Morgan fingerprint density at radius 2 is 2.00 bits per heavy atom. The molecular weight excluding hydrogens is 209 g/mol. The van der Waals surface area contributed by atoms with E-state index in [1.807, 2.05) is 12.1 Å². The van der Waals surface area contributed by atoms with Gasteiger partial charge in [0.15, 0.2) is 0 Å². The lowest BCUT2D eigenvalue weighted by atomic mass is 10.1. The van der Waals surface area contributed by atoms with E-state index in [4.69, 9.17) is 0 Å². The van der Waals surface area contributed by atoms with Crippen LogP contribution in [0, 0.1) is 5.82 Å². The van der Waals surface area contributed by atoms with Crippen molar-refractivity contribution in [2.75, 3.05) is 7.11 Å². The van der Waals surface area contributed by atoms with Crippen LogP contribution in [0.3, 0.4) is 0 Å². The number of carbonyl (C=O) groups excluding carboxylic acids is 1. The number of rotatable bonds is 2. The maximum Gasteiger partial charge on any atom is 0.340 e. The molecule has 0 saturated heterocycles. The third-order valence-corrected chi connectivity index (χ3v) is 2.25. The fourth-order valence-electron chi connectivity index (χ4n) is 1.50. The molecule has 2 rings (SSSR count). The van der Waals surface area contributed by atoms with Gasteiger partial charge in [-0.2, -0.15) is 0 Å². The molecule has 1 aromatic carbocycles. The fourth-order valence-corrected chi connectivity index (χ4v) is 1.50. The van der Waals surface area contributed by atoms with Gasteiger partial charge in [-0.05, 0) is 30.3 Å². The minimum absolute atomic E-state index is 0.207. The van der Waals surface area contributed by atoms with Crippen LogP contribution < -0.4 is 0 Å². The van der Waals surface area contributed by atoms with Gasteiger partial charge in [-0.25, -0.2) is 9.18 Å². The van der Waals surface area contributed by atoms with Crippen LogP contribution in [-0.4, -0.2) is 17.6 Å². The predicted molar refractivity (Wildman–Crippen MR) is 57.1 cm³/mol. The van der Waals surface area contributed by atoms with E-state index in [2.05, 4.69) is 4.74 Å². The highest BCUT2D eigenvalue weighted by atomic mass is 19.1. The molecule has 0 spiro atoms. The van der Waals surface area contributed by atoms with Gasteiger partial charge in [-0.1, -0.05) is 0 Å². The lowest BCUT2D eigenvalue weighted by Gasteiger charge is -2.08. The number of hydrogen-bond donors (Lipinski definition) is 0. The van der Waals surface area contributed by atoms with E-state index in [0.717, 1.165) is 0 Å². The zero-order valence-electron chi connectivity index (χ0n) is 8.68. The summed E-state index contributed by atoms with van der Waals surface area (Å²) in [4.78, 5) is 11.5. The summed E-state index contributed by atoms with van der Waals surface area (Å²) >= 11 is 0. The molecule has 82 valence electrons. The van der Waals surface area contributed by atoms with Crippen LogP contribution in [-0.2, 0) is 4.74 Å². The minimum Gasteiger partial charge on any atom is -0.465 e. The Morgan fingerprint density at radius 3 is 2.62 bits per heavy atom. The monoisotopic (exact) mass is 219 g/mol. The molecule has 3 nitrogen and oxygen atoms in total. The van der Waals surface area contributed by atoms with Gasteiger partial charge in [0, 0.05) is 12.4 Å². The third kappa shape index (κ3) is 1.82. The van der Waals surface area contributed by atoms with Crippen LogP contribution in [0.25, 0.3) is 5.69 Å². The molecule has 0 atom stereocenters. The molecule has 0 saturated carbocycles. The number of nitrogens with zero attached hydrogens (tertiary/aromatic N) is 1. The van der Waals surface area contributed by atoms with E-state index in [-0.39, 0.29) is 5.56 Å². The van der Waals surface area contributed by atoms with Gasteiger partial charge < -0.3 is 9.30 Å². The molecule has 0 radical (unpaired) electrons. The third-order valence-electron chi connectivity index (χ3n) is 2.25.